The van der Waals surface area contributed by atoms with E-state index in [-0.39, 0.29) is 11.6 Å². The van der Waals surface area contributed by atoms with Gasteiger partial charge in [0.25, 0.3) is 0 Å². The number of nitrogens with zero attached hydrogens (tertiary/aromatic N) is 1. The minimum absolute atomic E-state index is 0.00810. The van der Waals surface area contributed by atoms with Gasteiger partial charge in [-0.2, -0.15) is 13.2 Å². The summed E-state index contributed by atoms with van der Waals surface area (Å²) in [5.41, 5.74) is -0.196. The van der Waals surface area contributed by atoms with Gasteiger partial charge in [0.15, 0.2) is 0 Å². The average Bonchev–Trinajstić information content (AvgIpc) is 2.20. The standard InChI is InChI=1S/C13H25F3N2/c1-5-12(4)8-18(9-13(14,15)16)11(7-17-12)6-10(2)3/h10-11,17H,5-9H2,1-4H3. The molecular formula is C13H25F3N2. The molecule has 1 fully saturated rings. The second kappa shape index (κ2) is 5.78. The highest BCUT2D eigenvalue weighted by Crippen LogP contribution is 2.26. The van der Waals surface area contributed by atoms with Gasteiger partial charge in [-0.05, 0) is 25.7 Å². The maximum atomic E-state index is 12.6. The molecule has 2 unspecified atom stereocenters. The molecule has 0 bridgehead atoms. The predicted molar refractivity (Wildman–Crippen MR) is 67.6 cm³/mol. The van der Waals surface area contributed by atoms with Crippen LogP contribution in [0.2, 0.25) is 0 Å². The molecule has 108 valence electrons. The topological polar surface area (TPSA) is 15.3 Å². The van der Waals surface area contributed by atoms with Crippen LogP contribution >= 0.6 is 0 Å². The van der Waals surface area contributed by atoms with Gasteiger partial charge in [0, 0.05) is 24.7 Å². The number of piperazine rings is 1. The molecule has 5 heteroatoms. The zero-order valence-electron chi connectivity index (χ0n) is 11.8. The summed E-state index contributed by atoms with van der Waals surface area (Å²) in [6.07, 6.45) is -2.46. The van der Waals surface area contributed by atoms with Gasteiger partial charge in [-0.25, -0.2) is 0 Å². The van der Waals surface area contributed by atoms with Crippen LogP contribution in [-0.2, 0) is 0 Å². The average molecular weight is 266 g/mol. The number of hydrogen-bond donors (Lipinski definition) is 1. The Labute approximate surface area is 108 Å². The quantitative estimate of drug-likeness (QED) is 0.841. The molecule has 1 aliphatic rings. The Morgan fingerprint density at radius 3 is 2.44 bits per heavy atom. The van der Waals surface area contributed by atoms with E-state index in [4.69, 9.17) is 0 Å². The van der Waals surface area contributed by atoms with Crippen LogP contribution in [-0.4, -0.2) is 42.3 Å². The molecule has 0 aromatic carbocycles. The maximum absolute atomic E-state index is 12.6. The van der Waals surface area contributed by atoms with E-state index >= 15 is 0 Å². The zero-order chi connectivity index (χ0) is 14.0. The Morgan fingerprint density at radius 1 is 1.39 bits per heavy atom. The molecule has 0 amide bonds. The summed E-state index contributed by atoms with van der Waals surface area (Å²) in [5, 5.41) is 3.41. The molecule has 1 aliphatic heterocycles. The summed E-state index contributed by atoms with van der Waals surface area (Å²) in [6.45, 7) is 8.46. The molecule has 1 rings (SSSR count). The van der Waals surface area contributed by atoms with Gasteiger partial charge in [0.1, 0.15) is 0 Å². The van der Waals surface area contributed by atoms with Crippen LogP contribution < -0.4 is 5.32 Å². The monoisotopic (exact) mass is 266 g/mol. The van der Waals surface area contributed by atoms with Crippen molar-refractivity contribution >= 4 is 0 Å². The molecule has 18 heavy (non-hydrogen) atoms. The summed E-state index contributed by atoms with van der Waals surface area (Å²) in [4.78, 5) is 1.61. The van der Waals surface area contributed by atoms with Crippen molar-refractivity contribution in [1.82, 2.24) is 10.2 Å². The molecule has 0 aromatic rings. The van der Waals surface area contributed by atoms with Crippen molar-refractivity contribution in [3.05, 3.63) is 0 Å². The van der Waals surface area contributed by atoms with Gasteiger partial charge in [0.2, 0.25) is 0 Å². The van der Waals surface area contributed by atoms with E-state index in [1.165, 1.54) is 0 Å². The van der Waals surface area contributed by atoms with Crippen LogP contribution in [0.5, 0.6) is 0 Å². The molecule has 2 atom stereocenters. The summed E-state index contributed by atoms with van der Waals surface area (Å²) in [5.74, 6) is 0.415. The lowest BCUT2D eigenvalue weighted by atomic mass is 9.90. The van der Waals surface area contributed by atoms with Crippen molar-refractivity contribution in [3.63, 3.8) is 0 Å². The first-order chi connectivity index (χ1) is 8.15. The van der Waals surface area contributed by atoms with Crippen LogP contribution in [0.25, 0.3) is 0 Å². The van der Waals surface area contributed by atoms with Gasteiger partial charge >= 0.3 is 6.18 Å². The Kier molecular flexibility index (Phi) is 5.06. The number of rotatable bonds is 4. The lowest BCUT2D eigenvalue weighted by molar-refractivity contribution is -0.157. The molecular weight excluding hydrogens is 241 g/mol. The molecule has 1 saturated heterocycles. The largest absolute Gasteiger partial charge is 0.401 e. The van der Waals surface area contributed by atoms with Crippen LogP contribution in [0.4, 0.5) is 13.2 Å². The normalized spacial score (nSPS) is 31.0. The first-order valence-electron chi connectivity index (χ1n) is 6.71. The lowest BCUT2D eigenvalue weighted by Gasteiger charge is -2.46. The summed E-state index contributed by atoms with van der Waals surface area (Å²) < 4.78 is 37.9. The highest BCUT2D eigenvalue weighted by molar-refractivity contribution is 4.95. The van der Waals surface area contributed by atoms with Gasteiger partial charge in [-0.1, -0.05) is 20.8 Å². The predicted octanol–water partition coefficient (Wildman–Crippen LogP) is 3.04. The first kappa shape index (κ1) is 15.8. The van der Waals surface area contributed by atoms with Crippen molar-refractivity contribution < 1.29 is 13.2 Å². The van der Waals surface area contributed by atoms with Gasteiger partial charge in [-0.15, -0.1) is 0 Å². The van der Waals surface area contributed by atoms with Crippen molar-refractivity contribution in [2.24, 2.45) is 5.92 Å². The fourth-order valence-corrected chi connectivity index (χ4v) is 2.56. The number of hydrogen-bond acceptors (Lipinski definition) is 2. The van der Waals surface area contributed by atoms with Crippen LogP contribution in [0.15, 0.2) is 0 Å². The third kappa shape index (κ3) is 4.76. The minimum Gasteiger partial charge on any atom is -0.309 e. The fraction of sp³-hybridized carbons (Fsp3) is 1.00. The first-order valence-corrected chi connectivity index (χ1v) is 6.71. The third-order valence-corrected chi connectivity index (χ3v) is 3.74. The lowest BCUT2D eigenvalue weighted by Crippen LogP contribution is -2.64. The molecule has 0 saturated carbocycles. The highest BCUT2D eigenvalue weighted by atomic mass is 19.4. The molecule has 1 N–H and O–H groups in total. The van der Waals surface area contributed by atoms with Crippen molar-refractivity contribution in [3.8, 4) is 0 Å². The van der Waals surface area contributed by atoms with Crippen molar-refractivity contribution in [2.45, 2.75) is 58.3 Å². The third-order valence-electron chi connectivity index (χ3n) is 3.74. The van der Waals surface area contributed by atoms with Crippen molar-refractivity contribution in [2.75, 3.05) is 19.6 Å². The molecule has 2 nitrogen and oxygen atoms in total. The zero-order valence-corrected chi connectivity index (χ0v) is 11.8. The number of nitrogens with one attached hydrogen (secondary N) is 1. The summed E-state index contributed by atoms with van der Waals surface area (Å²) >= 11 is 0. The SMILES string of the molecule is CCC1(C)CN(CC(F)(F)F)C(CC(C)C)CN1. The Bertz CT molecular complexity index is 265. The molecule has 0 aliphatic carbocycles. The molecule has 0 spiro atoms. The molecule has 0 radical (unpaired) electrons. The van der Waals surface area contributed by atoms with Crippen LogP contribution in [0.3, 0.4) is 0 Å². The Balaban J connectivity index is 2.73. The van der Waals surface area contributed by atoms with E-state index in [1.54, 1.807) is 4.90 Å². The van der Waals surface area contributed by atoms with E-state index in [0.29, 0.717) is 19.0 Å². The summed E-state index contributed by atoms with van der Waals surface area (Å²) in [7, 11) is 0. The minimum atomic E-state index is -4.11. The summed E-state index contributed by atoms with van der Waals surface area (Å²) in [6, 6.07) is -0.00810. The molecule has 1 heterocycles. The number of halogens is 3. The van der Waals surface area contributed by atoms with Crippen molar-refractivity contribution in [1.29, 1.82) is 0 Å². The van der Waals surface area contributed by atoms with E-state index in [0.717, 1.165) is 12.8 Å². The van der Waals surface area contributed by atoms with Crippen LogP contribution in [0.1, 0.15) is 40.5 Å². The smallest absolute Gasteiger partial charge is 0.309 e. The van der Waals surface area contributed by atoms with E-state index in [9.17, 15) is 13.2 Å². The van der Waals surface area contributed by atoms with Gasteiger partial charge in [-0.3, -0.25) is 4.90 Å². The van der Waals surface area contributed by atoms with Crippen LogP contribution in [0, 0.1) is 5.92 Å². The molecule has 0 aromatic heterocycles. The van der Waals surface area contributed by atoms with Gasteiger partial charge in [0.05, 0.1) is 6.54 Å². The maximum Gasteiger partial charge on any atom is 0.401 e. The van der Waals surface area contributed by atoms with E-state index in [2.05, 4.69) is 19.2 Å². The van der Waals surface area contributed by atoms with E-state index < -0.39 is 12.7 Å². The second-order valence-corrected chi connectivity index (χ2v) is 6.10. The van der Waals surface area contributed by atoms with Gasteiger partial charge < -0.3 is 5.32 Å². The highest BCUT2D eigenvalue weighted by Gasteiger charge is 2.40. The fourth-order valence-electron chi connectivity index (χ4n) is 2.56. The Morgan fingerprint density at radius 2 is 2.00 bits per heavy atom. The number of alkyl halides is 3. The second-order valence-electron chi connectivity index (χ2n) is 6.10. The van der Waals surface area contributed by atoms with E-state index in [1.807, 2.05) is 13.8 Å². The Hall–Kier alpha value is -0.290.